The Morgan fingerprint density at radius 3 is 2.86 bits per heavy atom. The molecule has 0 spiro atoms. The van der Waals surface area contributed by atoms with E-state index in [2.05, 4.69) is 4.99 Å². The first-order valence-corrected chi connectivity index (χ1v) is 7.01. The normalized spacial score (nSPS) is 20.2. The zero-order valence-electron chi connectivity index (χ0n) is 11.5. The van der Waals surface area contributed by atoms with Crippen LogP contribution in [-0.2, 0) is 4.79 Å². The number of nitrogens with zero attached hydrogens (tertiary/aromatic N) is 3. The molecule has 0 atom stereocenters. The molecule has 0 bridgehead atoms. The van der Waals surface area contributed by atoms with E-state index in [1.54, 1.807) is 24.3 Å². The first-order valence-electron chi connectivity index (χ1n) is 7.01. The van der Waals surface area contributed by atoms with Crippen molar-refractivity contribution in [3.05, 3.63) is 45.6 Å². The molecular formula is C15H15N3O3. The molecule has 0 N–H and O–H groups in total. The van der Waals surface area contributed by atoms with Crippen molar-refractivity contribution in [2.45, 2.75) is 25.7 Å². The number of nitro groups is 1. The lowest BCUT2D eigenvalue weighted by molar-refractivity contribution is -0.385. The lowest BCUT2D eigenvalue weighted by Gasteiger charge is -2.18. The highest BCUT2D eigenvalue weighted by molar-refractivity contribution is 6.13. The largest absolute Gasteiger partial charge is 0.325 e. The summed E-state index contributed by atoms with van der Waals surface area (Å²) in [5, 5.41) is 11.1. The van der Waals surface area contributed by atoms with Gasteiger partial charge < -0.3 is 4.90 Å². The van der Waals surface area contributed by atoms with Gasteiger partial charge in [0.1, 0.15) is 11.5 Å². The summed E-state index contributed by atoms with van der Waals surface area (Å²) in [6.07, 6.45) is 5.52. The molecule has 2 aliphatic heterocycles. The van der Waals surface area contributed by atoms with E-state index < -0.39 is 4.92 Å². The zero-order valence-corrected chi connectivity index (χ0v) is 11.5. The summed E-state index contributed by atoms with van der Waals surface area (Å²) in [5.74, 6) is 0.493. The van der Waals surface area contributed by atoms with Crippen LogP contribution in [0.4, 0.5) is 5.69 Å². The molecule has 0 unspecified atom stereocenters. The predicted octanol–water partition coefficient (Wildman–Crippen LogP) is 2.75. The molecule has 2 heterocycles. The summed E-state index contributed by atoms with van der Waals surface area (Å²) < 4.78 is 0. The second-order valence-corrected chi connectivity index (χ2v) is 5.14. The Hall–Kier alpha value is -2.50. The predicted molar refractivity (Wildman–Crippen MR) is 78.7 cm³/mol. The fourth-order valence-corrected chi connectivity index (χ4v) is 2.72. The Bertz CT molecular complexity index is 664. The van der Waals surface area contributed by atoms with Gasteiger partial charge >= 0.3 is 0 Å². The minimum atomic E-state index is -0.435. The van der Waals surface area contributed by atoms with E-state index in [-0.39, 0.29) is 11.6 Å². The van der Waals surface area contributed by atoms with Crippen LogP contribution in [-0.4, -0.2) is 28.1 Å². The first kappa shape index (κ1) is 13.5. The number of amidine groups is 1. The fourth-order valence-electron chi connectivity index (χ4n) is 2.72. The van der Waals surface area contributed by atoms with Gasteiger partial charge in [-0.3, -0.25) is 14.9 Å². The Morgan fingerprint density at radius 2 is 2.05 bits per heavy atom. The maximum atomic E-state index is 12.1. The van der Waals surface area contributed by atoms with Crippen LogP contribution in [0.5, 0.6) is 0 Å². The Morgan fingerprint density at radius 1 is 1.24 bits per heavy atom. The van der Waals surface area contributed by atoms with Gasteiger partial charge in [0, 0.05) is 19.0 Å². The molecule has 0 saturated carbocycles. The van der Waals surface area contributed by atoms with Gasteiger partial charge in [0.25, 0.3) is 11.6 Å². The Labute approximate surface area is 121 Å². The molecule has 1 aromatic carbocycles. The summed E-state index contributed by atoms with van der Waals surface area (Å²) in [5.41, 5.74) is 0.883. The van der Waals surface area contributed by atoms with Crippen LogP contribution in [0.3, 0.4) is 0 Å². The van der Waals surface area contributed by atoms with Gasteiger partial charge in [-0.15, -0.1) is 0 Å². The Balaban J connectivity index is 2.00. The molecule has 1 aromatic rings. The van der Waals surface area contributed by atoms with Crippen LogP contribution in [0, 0.1) is 10.1 Å². The lowest BCUT2D eigenvalue weighted by Crippen LogP contribution is -2.26. The second kappa shape index (κ2) is 5.47. The summed E-state index contributed by atoms with van der Waals surface area (Å²) in [6.45, 7) is 0.747. The number of carbonyl (C=O) groups excluding carboxylic acids is 1. The molecule has 6 nitrogen and oxygen atoms in total. The second-order valence-electron chi connectivity index (χ2n) is 5.14. The van der Waals surface area contributed by atoms with Crippen molar-refractivity contribution < 1.29 is 9.72 Å². The summed E-state index contributed by atoms with van der Waals surface area (Å²) in [6, 6.07) is 6.43. The van der Waals surface area contributed by atoms with Gasteiger partial charge in [0.2, 0.25) is 0 Å². The number of aliphatic imine (C=N–C) groups is 1. The molecule has 0 aliphatic carbocycles. The van der Waals surface area contributed by atoms with Crippen molar-refractivity contribution >= 4 is 23.5 Å². The molecule has 1 saturated heterocycles. The van der Waals surface area contributed by atoms with Gasteiger partial charge in [-0.2, -0.15) is 4.99 Å². The van der Waals surface area contributed by atoms with E-state index in [4.69, 9.17) is 0 Å². The van der Waals surface area contributed by atoms with Crippen molar-refractivity contribution in [1.82, 2.24) is 4.90 Å². The van der Waals surface area contributed by atoms with Crippen LogP contribution >= 0.6 is 0 Å². The van der Waals surface area contributed by atoms with Crippen LogP contribution in [0.25, 0.3) is 6.08 Å². The summed E-state index contributed by atoms with van der Waals surface area (Å²) >= 11 is 0. The van der Waals surface area contributed by atoms with Gasteiger partial charge in [-0.05, 0) is 25.0 Å². The quantitative estimate of drug-likeness (QED) is 0.475. The molecule has 1 amide bonds. The maximum absolute atomic E-state index is 12.1. The molecular weight excluding hydrogens is 270 g/mol. The van der Waals surface area contributed by atoms with E-state index in [1.165, 1.54) is 6.07 Å². The number of para-hydroxylation sites is 1. The number of rotatable bonds is 2. The average molecular weight is 285 g/mol. The third-order valence-corrected chi connectivity index (χ3v) is 3.76. The third-order valence-electron chi connectivity index (χ3n) is 3.76. The number of fused-ring (bicyclic) bond motifs is 1. The smallest absolute Gasteiger partial charge is 0.295 e. The van der Waals surface area contributed by atoms with Crippen molar-refractivity contribution in [2.24, 2.45) is 4.99 Å². The third kappa shape index (κ3) is 2.56. The number of hydrogen-bond donors (Lipinski definition) is 0. The molecule has 1 fully saturated rings. The number of carbonyl (C=O) groups is 1. The van der Waals surface area contributed by atoms with Crippen LogP contribution in [0.1, 0.15) is 31.2 Å². The Kier molecular flexibility index (Phi) is 3.51. The van der Waals surface area contributed by atoms with Gasteiger partial charge in [-0.25, -0.2) is 0 Å². The van der Waals surface area contributed by atoms with Gasteiger partial charge in [-0.1, -0.05) is 18.6 Å². The molecule has 2 aliphatic rings. The first-order chi connectivity index (χ1) is 10.2. The minimum absolute atomic E-state index is 0.000993. The molecule has 0 radical (unpaired) electrons. The zero-order chi connectivity index (χ0) is 14.8. The van der Waals surface area contributed by atoms with Crippen molar-refractivity contribution in [1.29, 1.82) is 0 Å². The number of nitro benzene ring substituents is 1. The minimum Gasteiger partial charge on any atom is -0.325 e. The van der Waals surface area contributed by atoms with E-state index in [9.17, 15) is 14.9 Å². The summed E-state index contributed by atoms with van der Waals surface area (Å²) in [4.78, 5) is 28.7. The standard InChI is InChI=1S/C15H15N3O3/c19-15-13(17-9-5-1-2-8-14(17)16-15)10-11-6-3-4-7-12(11)18(20)21/h3-4,6-7,10H,1-2,5,8-9H2/b13-10+. The van der Waals surface area contributed by atoms with Gasteiger partial charge in [0.15, 0.2) is 0 Å². The molecule has 0 aromatic heterocycles. The molecule has 21 heavy (non-hydrogen) atoms. The SMILES string of the molecule is O=C1N=C2CCCCCN2/C1=C/c1ccccc1[N+](=O)[O-]. The molecule has 6 heteroatoms. The highest BCUT2D eigenvalue weighted by atomic mass is 16.6. The summed E-state index contributed by atoms with van der Waals surface area (Å²) in [7, 11) is 0. The van der Waals surface area contributed by atoms with E-state index in [0.29, 0.717) is 11.3 Å². The number of amides is 1. The average Bonchev–Trinajstić information content (AvgIpc) is 2.65. The highest BCUT2D eigenvalue weighted by Crippen LogP contribution is 2.28. The number of benzene rings is 1. The monoisotopic (exact) mass is 285 g/mol. The van der Waals surface area contributed by atoms with E-state index in [1.807, 2.05) is 4.90 Å². The topological polar surface area (TPSA) is 75.8 Å². The van der Waals surface area contributed by atoms with Crippen LogP contribution < -0.4 is 0 Å². The van der Waals surface area contributed by atoms with Crippen molar-refractivity contribution in [3.8, 4) is 0 Å². The lowest BCUT2D eigenvalue weighted by atomic mass is 10.1. The van der Waals surface area contributed by atoms with Crippen molar-refractivity contribution in [3.63, 3.8) is 0 Å². The van der Waals surface area contributed by atoms with E-state index in [0.717, 1.165) is 38.1 Å². The maximum Gasteiger partial charge on any atom is 0.295 e. The van der Waals surface area contributed by atoms with Crippen LogP contribution in [0.15, 0.2) is 35.0 Å². The number of hydrogen-bond acceptors (Lipinski definition) is 4. The van der Waals surface area contributed by atoms with Gasteiger partial charge in [0.05, 0.1) is 10.5 Å². The van der Waals surface area contributed by atoms with E-state index >= 15 is 0 Å². The molecule has 108 valence electrons. The highest BCUT2D eigenvalue weighted by Gasteiger charge is 2.30. The van der Waals surface area contributed by atoms with Crippen molar-refractivity contribution in [2.75, 3.05) is 6.54 Å². The molecule has 3 rings (SSSR count). The fraction of sp³-hybridized carbons (Fsp3) is 0.333. The van der Waals surface area contributed by atoms with Crippen LogP contribution in [0.2, 0.25) is 0 Å².